The van der Waals surface area contributed by atoms with Crippen molar-refractivity contribution in [2.75, 3.05) is 19.6 Å². The van der Waals surface area contributed by atoms with E-state index in [0.29, 0.717) is 0 Å². The number of likely N-dealkylation sites (tertiary alicyclic amines) is 1. The number of piperidine rings is 1. The van der Waals surface area contributed by atoms with Crippen LogP contribution in [-0.2, 0) is 19.6 Å². The molecule has 2 aliphatic rings. The monoisotopic (exact) mass is 477 g/mol. The number of ether oxygens (including phenoxy) is 1. The van der Waals surface area contributed by atoms with Gasteiger partial charge in [-0.2, -0.15) is 0 Å². The van der Waals surface area contributed by atoms with Gasteiger partial charge in [-0.15, -0.1) is 0 Å². The van der Waals surface area contributed by atoms with E-state index in [1.54, 1.807) is 0 Å². The summed E-state index contributed by atoms with van der Waals surface area (Å²) in [6, 6.07) is 21.5. The number of rotatable bonds is 4. The summed E-state index contributed by atoms with van der Waals surface area (Å²) < 4.78 is 6.87. The first-order valence-corrected chi connectivity index (χ1v) is 12.9. The molecule has 2 N–H and O–H groups in total. The molecular formula is C30H31N5O. The van der Waals surface area contributed by atoms with Crippen molar-refractivity contribution in [2.45, 2.75) is 38.1 Å². The van der Waals surface area contributed by atoms with E-state index in [0.717, 1.165) is 63.4 Å². The van der Waals surface area contributed by atoms with Crippen LogP contribution in [0.25, 0.3) is 21.8 Å². The van der Waals surface area contributed by atoms with E-state index >= 15 is 0 Å². The lowest BCUT2D eigenvalue weighted by Crippen LogP contribution is -2.53. The fourth-order valence-electron chi connectivity index (χ4n) is 6.06. The maximum Gasteiger partial charge on any atom is 0.124 e. The van der Waals surface area contributed by atoms with Crippen molar-refractivity contribution in [1.29, 1.82) is 0 Å². The average molecular weight is 478 g/mol. The highest BCUT2D eigenvalue weighted by Crippen LogP contribution is 2.36. The molecule has 1 fully saturated rings. The Balaban J connectivity index is 1.11. The highest BCUT2D eigenvalue weighted by molar-refractivity contribution is 5.82. The van der Waals surface area contributed by atoms with Crippen LogP contribution in [0, 0.1) is 0 Å². The van der Waals surface area contributed by atoms with E-state index in [1.165, 1.54) is 33.1 Å². The Labute approximate surface area is 210 Å². The number of nitrogens with one attached hydrogen (secondary N) is 2. The molecule has 2 aromatic carbocycles. The van der Waals surface area contributed by atoms with Crippen LogP contribution in [0.4, 0.5) is 0 Å². The molecule has 0 saturated carbocycles. The van der Waals surface area contributed by atoms with Gasteiger partial charge in [0.1, 0.15) is 11.4 Å². The first-order valence-electron chi connectivity index (χ1n) is 12.9. The van der Waals surface area contributed by atoms with Gasteiger partial charge in [0.15, 0.2) is 0 Å². The Bertz CT molecular complexity index is 1480. The second-order valence-electron chi connectivity index (χ2n) is 10.4. The Morgan fingerprint density at radius 2 is 1.78 bits per heavy atom. The highest BCUT2D eigenvalue weighted by Gasteiger charge is 2.40. The number of aromatic nitrogens is 3. The standard InChI is InChI=1S/C30H31N5O/c1-3-7-27-22(5-1)15-25(33-27)20-35-18-23-6-2-4-8-29(23)36-30(21-35)10-13-34(14-11-30)19-24-16-32-28-17-31-12-9-26(24)28/h1-9,12,15-17,32-33H,10-11,13-14,18-21H2. The molecule has 36 heavy (non-hydrogen) atoms. The third-order valence-corrected chi connectivity index (χ3v) is 7.91. The predicted molar refractivity (Wildman–Crippen MR) is 143 cm³/mol. The second-order valence-corrected chi connectivity index (χ2v) is 10.4. The summed E-state index contributed by atoms with van der Waals surface area (Å²) in [7, 11) is 0. The topological polar surface area (TPSA) is 60.2 Å². The van der Waals surface area contributed by atoms with Crippen LogP contribution < -0.4 is 4.74 Å². The van der Waals surface area contributed by atoms with Crippen molar-refractivity contribution in [3.8, 4) is 5.75 Å². The first kappa shape index (κ1) is 21.7. The van der Waals surface area contributed by atoms with Crippen molar-refractivity contribution in [3.05, 3.63) is 96.1 Å². The molecule has 0 bridgehead atoms. The Kier molecular flexibility index (Phi) is 5.29. The van der Waals surface area contributed by atoms with Gasteiger partial charge in [-0.25, -0.2) is 0 Å². The lowest BCUT2D eigenvalue weighted by atomic mass is 9.90. The van der Waals surface area contributed by atoms with Crippen molar-refractivity contribution < 1.29 is 4.74 Å². The molecule has 5 heterocycles. The van der Waals surface area contributed by atoms with E-state index in [9.17, 15) is 0 Å². The van der Waals surface area contributed by atoms with Gasteiger partial charge in [0.05, 0.1) is 11.7 Å². The minimum absolute atomic E-state index is 0.167. The second kappa shape index (κ2) is 8.80. The minimum atomic E-state index is -0.167. The highest BCUT2D eigenvalue weighted by atomic mass is 16.5. The molecule has 182 valence electrons. The van der Waals surface area contributed by atoms with E-state index in [-0.39, 0.29) is 5.60 Å². The number of benzene rings is 2. The maximum absolute atomic E-state index is 6.87. The molecule has 5 aromatic rings. The fraction of sp³-hybridized carbons (Fsp3) is 0.300. The molecule has 0 aliphatic carbocycles. The number of aromatic amines is 2. The van der Waals surface area contributed by atoms with Crippen molar-refractivity contribution in [3.63, 3.8) is 0 Å². The SMILES string of the molecule is c1ccc2c(c1)CN(Cc1cc3ccccc3[nH]1)CC1(CCN(Cc3c[nH]c4cnccc34)CC1)O2. The molecule has 0 atom stereocenters. The number of nitrogens with zero attached hydrogens (tertiary/aromatic N) is 3. The molecule has 7 rings (SSSR count). The molecule has 6 heteroatoms. The molecule has 3 aromatic heterocycles. The van der Waals surface area contributed by atoms with E-state index < -0.39 is 0 Å². The molecular weight excluding hydrogens is 446 g/mol. The van der Waals surface area contributed by atoms with Gasteiger partial charge >= 0.3 is 0 Å². The van der Waals surface area contributed by atoms with Gasteiger partial charge in [0.2, 0.25) is 0 Å². The summed E-state index contributed by atoms with van der Waals surface area (Å²) in [6.07, 6.45) is 7.96. The molecule has 1 spiro atoms. The third kappa shape index (κ3) is 4.06. The maximum atomic E-state index is 6.87. The minimum Gasteiger partial charge on any atom is -0.486 e. The van der Waals surface area contributed by atoms with E-state index in [4.69, 9.17) is 4.74 Å². The summed E-state index contributed by atoms with van der Waals surface area (Å²) in [6.45, 7) is 5.74. The number of hydrogen-bond acceptors (Lipinski definition) is 4. The summed E-state index contributed by atoms with van der Waals surface area (Å²) in [5.41, 5.74) is 6.03. The van der Waals surface area contributed by atoms with Crippen LogP contribution in [0.1, 0.15) is 29.7 Å². The van der Waals surface area contributed by atoms with Crippen molar-refractivity contribution in [2.24, 2.45) is 0 Å². The van der Waals surface area contributed by atoms with Crippen molar-refractivity contribution in [1.82, 2.24) is 24.8 Å². The molecule has 0 unspecified atom stereocenters. The summed E-state index contributed by atoms with van der Waals surface area (Å²) in [5.74, 6) is 1.05. The lowest BCUT2D eigenvalue weighted by molar-refractivity contribution is -0.0215. The van der Waals surface area contributed by atoms with Gasteiger partial charge in [0, 0.05) is 86.7 Å². The predicted octanol–water partition coefficient (Wildman–Crippen LogP) is 5.47. The number of para-hydroxylation sites is 2. The first-order chi connectivity index (χ1) is 17.7. The Hall–Kier alpha value is -3.61. The van der Waals surface area contributed by atoms with Gasteiger partial charge < -0.3 is 14.7 Å². The van der Waals surface area contributed by atoms with Crippen LogP contribution in [0.5, 0.6) is 5.75 Å². The van der Waals surface area contributed by atoms with Crippen LogP contribution in [0.3, 0.4) is 0 Å². The fourth-order valence-corrected chi connectivity index (χ4v) is 6.06. The normalized spacial score (nSPS) is 18.3. The number of fused-ring (bicyclic) bond motifs is 3. The quantitative estimate of drug-likeness (QED) is 0.360. The number of pyridine rings is 1. The largest absolute Gasteiger partial charge is 0.486 e. The molecule has 0 amide bonds. The average Bonchev–Trinajstić information content (AvgIpc) is 3.46. The van der Waals surface area contributed by atoms with Crippen molar-refractivity contribution >= 4 is 21.8 Å². The van der Waals surface area contributed by atoms with Crippen LogP contribution >= 0.6 is 0 Å². The lowest BCUT2D eigenvalue weighted by Gasteiger charge is -2.43. The third-order valence-electron chi connectivity index (χ3n) is 7.91. The van der Waals surface area contributed by atoms with E-state index in [1.807, 2.05) is 12.4 Å². The van der Waals surface area contributed by atoms with Crippen LogP contribution in [0.15, 0.2) is 79.3 Å². The van der Waals surface area contributed by atoms with Gasteiger partial charge in [-0.1, -0.05) is 36.4 Å². The summed E-state index contributed by atoms with van der Waals surface area (Å²) >= 11 is 0. The summed E-state index contributed by atoms with van der Waals surface area (Å²) in [4.78, 5) is 16.4. The molecule has 1 saturated heterocycles. The van der Waals surface area contributed by atoms with Gasteiger partial charge in [-0.3, -0.25) is 14.8 Å². The van der Waals surface area contributed by atoms with Gasteiger partial charge in [0.25, 0.3) is 0 Å². The molecule has 2 aliphatic heterocycles. The summed E-state index contributed by atoms with van der Waals surface area (Å²) in [5, 5.41) is 2.55. The zero-order valence-corrected chi connectivity index (χ0v) is 20.4. The zero-order valence-electron chi connectivity index (χ0n) is 20.4. The number of H-pyrrole nitrogens is 2. The van der Waals surface area contributed by atoms with Gasteiger partial charge in [-0.05, 0) is 35.2 Å². The Morgan fingerprint density at radius 3 is 2.69 bits per heavy atom. The van der Waals surface area contributed by atoms with Crippen LogP contribution in [0.2, 0.25) is 0 Å². The van der Waals surface area contributed by atoms with E-state index in [2.05, 4.69) is 91.6 Å². The molecule has 6 nitrogen and oxygen atoms in total. The smallest absolute Gasteiger partial charge is 0.124 e. The number of hydrogen-bond donors (Lipinski definition) is 2. The Morgan fingerprint density at radius 1 is 0.917 bits per heavy atom. The zero-order chi connectivity index (χ0) is 24.0. The molecule has 0 radical (unpaired) electrons. The van der Waals surface area contributed by atoms with Crippen LogP contribution in [-0.4, -0.2) is 50.0 Å².